The Morgan fingerprint density at radius 1 is 1.29 bits per heavy atom. The van der Waals surface area contributed by atoms with Gasteiger partial charge < -0.3 is 5.32 Å². The summed E-state index contributed by atoms with van der Waals surface area (Å²) in [6.07, 6.45) is 1.18. The molecule has 0 bridgehead atoms. The number of aryl methyl sites for hydroxylation is 1. The number of hydrogen-bond donors (Lipinski definition) is 2. The van der Waals surface area contributed by atoms with Crippen molar-refractivity contribution in [3.8, 4) is 0 Å². The normalized spacial score (nSPS) is 28.3. The van der Waals surface area contributed by atoms with Crippen molar-refractivity contribution in [2.75, 3.05) is 6.54 Å². The molecule has 21 heavy (non-hydrogen) atoms. The summed E-state index contributed by atoms with van der Waals surface area (Å²) in [7, 11) is 0. The zero-order chi connectivity index (χ0) is 15.1. The number of rotatable bonds is 3. The van der Waals surface area contributed by atoms with E-state index in [0.717, 1.165) is 5.69 Å². The summed E-state index contributed by atoms with van der Waals surface area (Å²) in [6, 6.07) is 1.55. The smallest absolute Gasteiger partial charge is 0.321 e. The van der Waals surface area contributed by atoms with Crippen LogP contribution in [0.2, 0.25) is 0 Å². The number of carbonyl (C=O) groups is 2. The molecule has 1 saturated heterocycles. The van der Waals surface area contributed by atoms with Crippen molar-refractivity contribution in [1.82, 2.24) is 20.8 Å². The van der Waals surface area contributed by atoms with Gasteiger partial charge in [-0.2, -0.15) is 10.2 Å². The maximum absolute atomic E-state index is 11.9. The molecule has 1 unspecified atom stereocenters. The molecule has 6 heteroatoms. The van der Waals surface area contributed by atoms with E-state index < -0.39 is 11.9 Å². The predicted octanol–water partition coefficient (Wildman–Crippen LogP) is 1.47. The molecule has 6 nitrogen and oxygen atoms in total. The Morgan fingerprint density at radius 3 is 2.67 bits per heavy atom. The highest BCUT2D eigenvalue weighted by Gasteiger charge is 2.42. The summed E-state index contributed by atoms with van der Waals surface area (Å²) in [5.74, 6) is 1.12. The van der Waals surface area contributed by atoms with E-state index in [9.17, 15) is 9.59 Å². The monoisotopic (exact) mass is 288 g/mol. The number of nitrogens with one attached hydrogen (secondary N) is 2. The second-order valence-corrected chi connectivity index (χ2v) is 6.31. The van der Waals surface area contributed by atoms with Crippen LogP contribution in [0.3, 0.4) is 0 Å². The van der Waals surface area contributed by atoms with Gasteiger partial charge in [-0.15, -0.1) is 0 Å². The van der Waals surface area contributed by atoms with Crippen LogP contribution in [0, 0.1) is 18.8 Å². The van der Waals surface area contributed by atoms with Gasteiger partial charge in [0.2, 0.25) is 5.91 Å². The van der Waals surface area contributed by atoms with Crippen LogP contribution in [0.4, 0.5) is 4.79 Å². The maximum atomic E-state index is 11.9. The predicted molar refractivity (Wildman–Crippen MR) is 76.7 cm³/mol. The molecule has 0 radical (unpaired) electrons. The third-order valence-electron chi connectivity index (χ3n) is 4.51. The quantitative estimate of drug-likeness (QED) is 0.882. The molecule has 2 fully saturated rings. The highest BCUT2D eigenvalue weighted by Crippen LogP contribution is 2.52. The topological polar surface area (TPSA) is 84.0 Å². The molecule has 1 aliphatic carbocycles. The minimum absolute atomic E-state index is 0.278. The lowest BCUT2D eigenvalue weighted by atomic mass is 9.97. The molecular weight excluding hydrogens is 268 g/mol. The van der Waals surface area contributed by atoms with Crippen LogP contribution in [0.1, 0.15) is 49.1 Å². The molecule has 2 N–H and O–H groups in total. The molecule has 0 spiro atoms. The number of imide groups is 1. The van der Waals surface area contributed by atoms with Gasteiger partial charge in [0, 0.05) is 6.54 Å². The zero-order valence-corrected chi connectivity index (χ0v) is 12.5. The van der Waals surface area contributed by atoms with Gasteiger partial charge in [0.05, 0.1) is 17.3 Å². The largest absolute Gasteiger partial charge is 0.337 e. The first kappa shape index (κ1) is 14.0. The Kier molecular flexibility index (Phi) is 3.39. The van der Waals surface area contributed by atoms with E-state index in [4.69, 9.17) is 0 Å². The van der Waals surface area contributed by atoms with Gasteiger partial charge in [0.1, 0.15) is 0 Å². The highest BCUT2D eigenvalue weighted by atomic mass is 16.2. The minimum Gasteiger partial charge on any atom is -0.337 e. The summed E-state index contributed by atoms with van der Waals surface area (Å²) >= 11 is 0. The van der Waals surface area contributed by atoms with Crippen molar-refractivity contribution < 1.29 is 9.59 Å². The lowest BCUT2D eigenvalue weighted by Crippen LogP contribution is -2.51. The van der Waals surface area contributed by atoms with E-state index in [1.165, 1.54) is 12.0 Å². The molecule has 3 rings (SSSR count). The van der Waals surface area contributed by atoms with Crippen molar-refractivity contribution >= 4 is 11.9 Å². The third-order valence-corrected chi connectivity index (χ3v) is 4.51. The fraction of sp³-hybridized carbons (Fsp3) is 0.600. The number of urea groups is 1. The number of hydrogen-bond acceptors (Lipinski definition) is 4. The van der Waals surface area contributed by atoms with Crippen molar-refractivity contribution in [2.24, 2.45) is 11.8 Å². The second kappa shape index (κ2) is 5.09. The lowest BCUT2D eigenvalue weighted by molar-refractivity contribution is -0.122. The van der Waals surface area contributed by atoms with Crippen LogP contribution >= 0.6 is 0 Å². The summed E-state index contributed by atoms with van der Waals surface area (Å²) in [6.45, 7) is 6.71. The van der Waals surface area contributed by atoms with Gasteiger partial charge in [0.15, 0.2) is 0 Å². The Labute approximate surface area is 123 Å². The van der Waals surface area contributed by atoms with Gasteiger partial charge in [-0.1, -0.05) is 13.8 Å². The first-order valence-corrected chi connectivity index (χ1v) is 7.40. The first-order valence-electron chi connectivity index (χ1n) is 7.40. The average Bonchev–Trinajstić information content (AvgIpc) is 3.20. The maximum Gasteiger partial charge on any atom is 0.321 e. The molecule has 112 valence electrons. The summed E-state index contributed by atoms with van der Waals surface area (Å²) < 4.78 is 0. The minimum atomic E-state index is -0.453. The molecule has 1 aromatic rings. The average molecular weight is 288 g/mol. The van der Waals surface area contributed by atoms with E-state index in [-0.39, 0.29) is 12.5 Å². The second-order valence-electron chi connectivity index (χ2n) is 6.31. The standard InChI is InChI=1S/C15H20N4O2/c1-7(2)9-4-11(9)10-5-13(19-18-8(10)3)12-6-16-15(21)17-14(12)20/h5,7,9,11-12H,4,6H2,1-3H3,(H2,16,17,20,21)/t9-,11+,12?/m1/s1. The molecule has 0 aromatic carbocycles. The number of aromatic nitrogens is 2. The first-order chi connectivity index (χ1) is 9.97. The van der Waals surface area contributed by atoms with E-state index >= 15 is 0 Å². The van der Waals surface area contributed by atoms with Gasteiger partial charge in [-0.25, -0.2) is 4.79 Å². The summed E-state index contributed by atoms with van der Waals surface area (Å²) in [5.41, 5.74) is 2.78. The molecule has 2 aliphatic rings. The summed E-state index contributed by atoms with van der Waals surface area (Å²) in [5, 5.41) is 13.3. The summed E-state index contributed by atoms with van der Waals surface area (Å²) in [4.78, 5) is 23.0. The third kappa shape index (κ3) is 2.62. The Morgan fingerprint density at radius 2 is 2.05 bits per heavy atom. The Bertz CT molecular complexity index is 599. The van der Waals surface area contributed by atoms with Crippen LogP contribution in [0.15, 0.2) is 6.07 Å². The van der Waals surface area contributed by atoms with Crippen LogP contribution in [0.5, 0.6) is 0 Å². The van der Waals surface area contributed by atoms with Crippen molar-refractivity contribution in [2.45, 2.75) is 39.0 Å². The Balaban J connectivity index is 1.85. The number of amides is 3. The fourth-order valence-corrected chi connectivity index (χ4v) is 3.11. The van der Waals surface area contributed by atoms with Crippen LogP contribution in [0.25, 0.3) is 0 Å². The fourth-order valence-electron chi connectivity index (χ4n) is 3.11. The van der Waals surface area contributed by atoms with Crippen LogP contribution < -0.4 is 10.6 Å². The molecule has 2 heterocycles. The van der Waals surface area contributed by atoms with Gasteiger partial charge in [-0.05, 0) is 42.7 Å². The van der Waals surface area contributed by atoms with E-state index in [2.05, 4.69) is 34.7 Å². The van der Waals surface area contributed by atoms with Crippen molar-refractivity contribution in [3.05, 3.63) is 23.0 Å². The van der Waals surface area contributed by atoms with Crippen LogP contribution in [-0.2, 0) is 4.79 Å². The lowest BCUT2D eigenvalue weighted by Gasteiger charge is -2.21. The van der Waals surface area contributed by atoms with Crippen molar-refractivity contribution in [1.29, 1.82) is 0 Å². The molecule has 1 aromatic heterocycles. The molecule has 1 saturated carbocycles. The molecular formula is C15H20N4O2. The number of nitrogens with zero attached hydrogens (tertiary/aromatic N) is 2. The van der Waals surface area contributed by atoms with Gasteiger partial charge in [0.25, 0.3) is 0 Å². The SMILES string of the molecule is Cc1nnc(C2CNC(=O)NC2=O)cc1[C@H]1C[C@@H]1C(C)C. The van der Waals surface area contributed by atoms with E-state index in [1.54, 1.807) is 0 Å². The zero-order valence-electron chi connectivity index (χ0n) is 12.5. The van der Waals surface area contributed by atoms with Gasteiger partial charge in [-0.3, -0.25) is 10.1 Å². The molecule has 1 aliphatic heterocycles. The number of carbonyl (C=O) groups excluding carboxylic acids is 2. The van der Waals surface area contributed by atoms with E-state index in [1.807, 2.05) is 13.0 Å². The highest BCUT2D eigenvalue weighted by molar-refractivity contribution is 6.00. The van der Waals surface area contributed by atoms with Crippen LogP contribution in [-0.4, -0.2) is 28.7 Å². The van der Waals surface area contributed by atoms with E-state index in [0.29, 0.717) is 23.4 Å². The Hall–Kier alpha value is -1.98. The molecule has 3 atom stereocenters. The molecule has 3 amide bonds. The van der Waals surface area contributed by atoms with Gasteiger partial charge >= 0.3 is 6.03 Å². The van der Waals surface area contributed by atoms with Crippen molar-refractivity contribution in [3.63, 3.8) is 0 Å².